The summed E-state index contributed by atoms with van der Waals surface area (Å²) >= 11 is 0. The van der Waals surface area contributed by atoms with Gasteiger partial charge in [-0.05, 0) is 67.6 Å². The first kappa shape index (κ1) is 13.5. The molecule has 0 spiro atoms. The maximum atomic E-state index is 13.8. The van der Waals surface area contributed by atoms with Crippen LogP contribution in [-0.2, 0) is 0 Å². The Labute approximate surface area is 110 Å². The Morgan fingerprint density at radius 2 is 2.11 bits per heavy atom. The highest BCUT2D eigenvalue weighted by Gasteiger charge is 2.49. The van der Waals surface area contributed by atoms with Gasteiger partial charge in [-0.1, -0.05) is 19.8 Å². The Hall–Kier alpha value is -0.920. The molecule has 2 fully saturated rings. The van der Waals surface area contributed by atoms with Crippen molar-refractivity contribution in [3.05, 3.63) is 24.1 Å². The Morgan fingerprint density at radius 1 is 1.28 bits per heavy atom. The van der Waals surface area contributed by atoms with Gasteiger partial charge in [-0.2, -0.15) is 0 Å². The van der Waals surface area contributed by atoms with Crippen molar-refractivity contribution in [3.8, 4) is 0 Å². The lowest BCUT2D eigenvalue weighted by Gasteiger charge is -2.38. The van der Waals surface area contributed by atoms with Crippen molar-refractivity contribution in [1.29, 1.82) is 5.41 Å². The van der Waals surface area contributed by atoms with Gasteiger partial charge < -0.3 is 5.41 Å². The monoisotopic (exact) mass is 249 g/mol. The average molecular weight is 249 g/mol. The lowest BCUT2D eigenvalue weighted by molar-refractivity contribution is 0.159. The molecule has 2 atom stereocenters. The molecule has 0 heterocycles. The zero-order valence-electron chi connectivity index (χ0n) is 11.3. The summed E-state index contributed by atoms with van der Waals surface area (Å²) in [5, 5.41) is 6.90. The van der Waals surface area contributed by atoms with E-state index in [9.17, 15) is 4.39 Å². The highest BCUT2D eigenvalue weighted by Crippen LogP contribution is 2.61. The van der Waals surface area contributed by atoms with Gasteiger partial charge in [0.1, 0.15) is 5.83 Å². The van der Waals surface area contributed by atoms with Crippen molar-refractivity contribution < 1.29 is 4.39 Å². The largest absolute Gasteiger partial charge is 0.309 e. The van der Waals surface area contributed by atoms with Crippen LogP contribution in [0.5, 0.6) is 0 Å². The van der Waals surface area contributed by atoms with E-state index in [2.05, 4.69) is 6.92 Å². The average Bonchev–Trinajstić information content (AvgIpc) is 2.59. The lowest BCUT2D eigenvalue weighted by Crippen LogP contribution is -2.26. The highest BCUT2D eigenvalue weighted by molar-refractivity contribution is 5.68. The first-order chi connectivity index (χ1) is 8.64. The minimum Gasteiger partial charge on any atom is -0.309 e. The van der Waals surface area contributed by atoms with E-state index in [1.165, 1.54) is 50.7 Å². The van der Waals surface area contributed by atoms with E-state index in [0.29, 0.717) is 5.41 Å². The third-order valence-corrected chi connectivity index (χ3v) is 4.84. The fraction of sp³-hybridized carbons (Fsp3) is 0.688. The second kappa shape index (κ2) is 5.38. The number of nitrogens with one attached hydrogen (secondary N) is 1. The van der Waals surface area contributed by atoms with Crippen LogP contribution in [0.2, 0.25) is 0 Å². The molecule has 0 aromatic heterocycles. The number of rotatable bonds is 5. The molecule has 2 rings (SSSR count). The van der Waals surface area contributed by atoms with Crippen LogP contribution in [-0.4, -0.2) is 6.21 Å². The Kier molecular flexibility index (Phi) is 4.04. The van der Waals surface area contributed by atoms with Crippen molar-refractivity contribution in [2.45, 2.75) is 58.3 Å². The van der Waals surface area contributed by atoms with Crippen molar-refractivity contribution in [2.75, 3.05) is 0 Å². The van der Waals surface area contributed by atoms with Crippen molar-refractivity contribution in [3.63, 3.8) is 0 Å². The number of allylic oxidation sites excluding steroid dienone is 4. The first-order valence-electron chi connectivity index (χ1n) is 7.19. The van der Waals surface area contributed by atoms with E-state index in [1.54, 1.807) is 0 Å². The summed E-state index contributed by atoms with van der Waals surface area (Å²) in [5.41, 5.74) is 0.624. The lowest BCUT2D eigenvalue weighted by atomic mass is 9.67. The standard InChI is InChI=1S/C16H24FN/c1-2-6-15-7-4-8-16(13-15,10-9-15)12-14(17)5-3-11-18/h3,5,11-12,18H,2,4,6-10,13H2,1H3/b5-3-,14-12-,18-11?. The summed E-state index contributed by atoms with van der Waals surface area (Å²) in [6, 6.07) is 0. The van der Waals surface area contributed by atoms with Crippen molar-refractivity contribution in [2.24, 2.45) is 10.8 Å². The second-order valence-corrected chi connectivity index (χ2v) is 6.20. The summed E-state index contributed by atoms with van der Waals surface area (Å²) in [5.74, 6) is -0.160. The molecule has 0 aromatic carbocycles. The maximum absolute atomic E-state index is 13.8. The summed E-state index contributed by atoms with van der Waals surface area (Å²) < 4.78 is 13.8. The van der Waals surface area contributed by atoms with E-state index < -0.39 is 0 Å². The molecule has 0 amide bonds. The molecule has 18 heavy (non-hydrogen) atoms. The Morgan fingerprint density at radius 3 is 2.83 bits per heavy atom. The van der Waals surface area contributed by atoms with E-state index in [4.69, 9.17) is 5.41 Å². The van der Waals surface area contributed by atoms with Gasteiger partial charge in [-0.25, -0.2) is 4.39 Å². The van der Waals surface area contributed by atoms with Gasteiger partial charge in [0.25, 0.3) is 0 Å². The summed E-state index contributed by atoms with van der Waals surface area (Å²) in [7, 11) is 0. The predicted molar refractivity (Wildman–Crippen MR) is 74.6 cm³/mol. The molecule has 2 aliphatic carbocycles. The normalized spacial score (nSPS) is 36.2. The molecule has 1 nitrogen and oxygen atoms in total. The topological polar surface area (TPSA) is 23.9 Å². The molecule has 2 saturated carbocycles. The van der Waals surface area contributed by atoms with Crippen molar-refractivity contribution >= 4 is 6.21 Å². The molecule has 1 N–H and O–H groups in total. The van der Waals surface area contributed by atoms with Gasteiger partial charge in [-0.15, -0.1) is 0 Å². The number of hydrogen-bond donors (Lipinski definition) is 1. The van der Waals surface area contributed by atoms with Crippen LogP contribution < -0.4 is 0 Å². The zero-order valence-corrected chi connectivity index (χ0v) is 11.3. The van der Waals surface area contributed by atoms with E-state index in [-0.39, 0.29) is 11.2 Å². The van der Waals surface area contributed by atoms with E-state index in [0.717, 1.165) is 19.1 Å². The minimum atomic E-state index is -0.160. The minimum absolute atomic E-state index is 0.115. The van der Waals surface area contributed by atoms with Gasteiger partial charge in [0.05, 0.1) is 0 Å². The van der Waals surface area contributed by atoms with Gasteiger partial charge in [0.15, 0.2) is 0 Å². The van der Waals surface area contributed by atoms with E-state index >= 15 is 0 Å². The van der Waals surface area contributed by atoms with Crippen LogP contribution in [0, 0.1) is 16.2 Å². The maximum Gasteiger partial charge on any atom is 0.119 e. The van der Waals surface area contributed by atoms with Crippen LogP contribution in [0.25, 0.3) is 0 Å². The van der Waals surface area contributed by atoms with Gasteiger partial charge in [0, 0.05) is 6.21 Å². The summed E-state index contributed by atoms with van der Waals surface area (Å²) in [4.78, 5) is 0. The molecular weight excluding hydrogens is 225 g/mol. The van der Waals surface area contributed by atoms with Gasteiger partial charge >= 0.3 is 0 Å². The molecular formula is C16H24FN. The SMILES string of the molecule is CCCC12CCCC(/C=C(F)/C=C\C=N)(CC1)C2. The molecule has 0 aromatic rings. The summed E-state index contributed by atoms with van der Waals surface area (Å²) in [6.07, 6.45) is 15.7. The molecule has 0 aliphatic heterocycles. The molecule has 2 aliphatic rings. The van der Waals surface area contributed by atoms with Gasteiger partial charge in [0.2, 0.25) is 0 Å². The van der Waals surface area contributed by atoms with Crippen LogP contribution >= 0.6 is 0 Å². The van der Waals surface area contributed by atoms with Crippen molar-refractivity contribution in [1.82, 2.24) is 0 Å². The third kappa shape index (κ3) is 2.73. The smallest absolute Gasteiger partial charge is 0.119 e. The van der Waals surface area contributed by atoms with E-state index in [1.807, 2.05) is 6.08 Å². The number of hydrogen-bond acceptors (Lipinski definition) is 1. The molecule has 2 bridgehead atoms. The molecule has 2 heteroatoms. The molecule has 0 saturated heterocycles. The first-order valence-corrected chi connectivity index (χ1v) is 7.19. The predicted octanol–water partition coefficient (Wildman–Crippen LogP) is 5.19. The van der Waals surface area contributed by atoms with Crippen LogP contribution in [0.3, 0.4) is 0 Å². The Bertz CT molecular complexity index is 367. The molecule has 2 unspecified atom stereocenters. The second-order valence-electron chi connectivity index (χ2n) is 6.20. The fourth-order valence-corrected chi connectivity index (χ4v) is 4.22. The molecule has 100 valence electrons. The quantitative estimate of drug-likeness (QED) is 0.512. The fourth-order valence-electron chi connectivity index (χ4n) is 4.22. The molecule has 0 radical (unpaired) electrons. The summed E-state index contributed by atoms with van der Waals surface area (Å²) in [6.45, 7) is 2.26. The van der Waals surface area contributed by atoms with Gasteiger partial charge in [-0.3, -0.25) is 0 Å². The third-order valence-electron chi connectivity index (χ3n) is 4.84. The van der Waals surface area contributed by atoms with Crippen LogP contribution in [0.15, 0.2) is 24.1 Å². The highest BCUT2D eigenvalue weighted by atomic mass is 19.1. The Balaban J connectivity index is 2.13. The number of fused-ring (bicyclic) bond motifs is 2. The zero-order chi connectivity index (χ0) is 13.1. The number of halogens is 1. The van der Waals surface area contributed by atoms with Crippen LogP contribution in [0.1, 0.15) is 58.3 Å². The van der Waals surface area contributed by atoms with Crippen LogP contribution in [0.4, 0.5) is 4.39 Å².